The summed E-state index contributed by atoms with van der Waals surface area (Å²) in [6, 6.07) is 12.3. The Kier molecular flexibility index (Phi) is 9.22. The number of hydrogen-bond donors (Lipinski definition) is 2. The molecule has 2 aliphatic rings. The fourth-order valence-electron chi connectivity index (χ4n) is 5.27. The van der Waals surface area contributed by atoms with Gasteiger partial charge in [0.1, 0.15) is 17.6 Å². The third kappa shape index (κ3) is 7.62. The van der Waals surface area contributed by atoms with Crippen LogP contribution in [0.3, 0.4) is 0 Å². The Balaban J connectivity index is 1.61. The van der Waals surface area contributed by atoms with Crippen LogP contribution < -0.4 is 10.6 Å². The van der Waals surface area contributed by atoms with Crippen molar-refractivity contribution in [3.63, 3.8) is 0 Å². The number of sulfone groups is 1. The van der Waals surface area contributed by atoms with Crippen molar-refractivity contribution in [1.82, 2.24) is 15.5 Å². The van der Waals surface area contributed by atoms with Crippen LogP contribution in [0.5, 0.6) is 0 Å². The van der Waals surface area contributed by atoms with Crippen LogP contribution in [0, 0.1) is 11.3 Å². The smallest absolute Gasteiger partial charge is 0.336 e. The van der Waals surface area contributed by atoms with Gasteiger partial charge in [0.2, 0.25) is 5.91 Å². The summed E-state index contributed by atoms with van der Waals surface area (Å²) in [6.45, 7) is 3.82. The van der Waals surface area contributed by atoms with E-state index in [1.165, 1.54) is 24.3 Å². The van der Waals surface area contributed by atoms with Crippen molar-refractivity contribution in [2.24, 2.45) is 0 Å². The van der Waals surface area contributed by atoms with Crippen LogP contribution in [0.15, 0.2) is 54.6 Å². The first kappa shape index (κ1) is 30.0. The molecule has 1 unspecified atom stereocenters. The van der Waals surface area contributed by atoms with Crippen LogP contribution in [0.4, 0.5) is 13.2 Å². The lowest BCUT2D eigenvalue weighted by Crippen LogP contribution is -2.60. The van der Waals surface area contributed by atoms with Gasteiger partial charge in [-0.1, -0.05) is 61.5 Å². The number of hydrogen-bond acceptors (Lipinski definition) is 6. The normalized spacial score (nSPS) is 19.4. The molecule has 2 N–H and O–H groups in total. The molecule has 0 bridgehead atoms. The molecule has 2 aromatic rings. The van der Waals surface area contributed by atoms with Crippen LogP contribution in [-0.2, 0) is 20.4 Å². The number of carbonyl (C=O) groups is 1. The van der Waals surface area contributed by atoms with Crippen LogP contribution in [0.2, 0.25) is 0 Å². The molecule has 1 saturated carbocycles. The summed E-state index contributed by atoms with van der Waals surface area (Å²) in [4.78, 5) is 15.7. The van der Waals surface area contributed by atoms with Crippen molar-refractivity contribution in [2.45, 2.75) is 68.1 Å². The Morgan fingerprint density at radius 3 is 2.30 bits per heavy atom. The molecule has 1 saturated heterocycles. The van der Waals surface area contributed by atoms with Gasteiger partial charge in [-0.3, -0.25) is 10.1 Å². The zero-order chi connectivity index (χ0) is 29.0. The molecule has 1 amide bonds. The number of rotatable bonds is 11. The molecule has 1 heterocycles. The third-order valence-electron chi connectivity index (χ3n) is 7.75. The van der Waals surface area contributed by atoms with Crippen molar-refractivity contribution in [2.75, 3.05) is 25.4 Å². The number of alkyl halides is 3. The summed E-state index contributed by atoms with van der Waals surface area (Å²) >= 11 is 0. The van der Waals surface area contributed by atoms with Crippen LogP contribution >= 0.6 is 0 Å². The Bertz CT molecular complexity index is 1320. The minimum Gasteiger partial charge on any atom is -0.336 e. The van der Waals surface area contributed by atoms with Gasteiger partial charge < -0.3 is 10.2 Å². The van der Waals surface area contributed by atoms with Crippen molar-refractivity contribution in [3.8, 4) is 6.07 Å². The molecule has 0 spiro atoms. The largest absolute Gasteiger partial charge is 0.407 e. The zero-order valence-corrected chi connectivity index (χ0v) is 23.3. The SMILES string of the molecule is CCN1CCC(C#N)(NC(=O)C(CS(=O)(=O)Cc2ccccc2C2CC2)N[C@H](c2ccccc2)C(F)(F)F)CC1. The third-order valence-corrected chi connectivity index (χ3v) is 9.34. The van der Waals surface area contributed by atoms with Crippen LogP contribution in [0.1, 0.15) is 61.3 Å². The fourth-order valence-corrected chi connectivity index (χ4v) is 6.88. The molecule has 4 rings (SSSR count). The average molecular weight is 577 g/mol. The summed E-state index contributed by atoms with van der Waals surface area (Å²) in [7, 11) is -4.04. The van der Waals surface area contributed by atoms with Gasteiger partial charge in [-0.15, -0.1) is 0 Å². The molecule has 2 atom stereocenters. The van der Waals surface area contributed by atoms with Gasteiger partial charge in [-0.05, 0) is 54.8 Å². The fraction of sp³-hybridized carbons (Fsp3) is 0.517. The Labute approximate surface area is 233 Å². The highest BCUT2D eigenvalue weighted by Crippen LogP contribution is 2.42. The first-order chi connectivity index (χ1) is 19.0. The number of benzene rings is 2. The Morgan fingerprint density at radius 2 is 1.73 bits per heavy atom. The summed E-state index contributed by atoms with van der Waals surface area (Å²) in [5.74, 6) is -1.89. The van der Waals surface area contributed by atoms with Gasteiger partial charge in [-0.2, -0.15) is 18.4 Å². The van der Waals surface area contributed by atoms with Gasteiger partial charge >= 0.3 is 6.18 Å². The van der Waals surface area contributed by atoms with E-state index in [9.17, 15) is 31.6 Å². The van der Waals surface area contributed by atoms with Gasteiger partial charge in [-0.25, -0.2) is 8.42 Å². The average Bonchev–Trinajstić information content (AvgIpc) is 3.77. The number of nitriles is 1. The standard InChI is InChI=1S/C29H35F3N4O3S/c1-2-36-16-14-28(20-33,15-17-36)35-27(37)25(34-26(29(30,31)32)22-8-4-3-5-9-22)19-40(38,39)18-23-10-6-7-11-24(23)21-12-13-21/h3-11,21,25-26,34H,2,12-19H2,1H3,(H,35,37)/t25?,26-/m1/s1. The highest BCUT2D eigenvalue weighted by atomic mass is 32.2. The van der Waals surface area contributed by atoms with E-state index in [0.29, 0.717) is 31.5 Å². The number of carbonyl (C=O) groups excluding carboxylic acids is 1. The number of piperidine rings is 1. The quantitative estimate of drug-likeness (QED) is 0.415. The zero-order valence-electron chi connectivity index (χ0n) is 22.5. The lowest BCUT2D eigenvalue weighted by Gasteiger charge is -2.38. The van der Waals surface area contributed by atoms with Gasteiger partial charge in [0.25, 0.3) is 0 Å². The van der Waals surface area contributed by atoms with E-state index in [0.717, 1.165) is 24.9 Å². The summed E-state index contributed by atoms with van der Waals surface area (Å²) < 4.78 is 69.6. The second kappa shape index (κ2) is 12.3. The first-order valence-corrected chi connectivity index (χ1v) is 15.4. The molecule has 1 aliphatic heterocycles. The van der Waals surface area contributed by atoms with E-state index in [1.807, 2.05) is 19.1 Å². The predicted molar refractivity (Wildman–Crippen MR) is 146 cm³/mol. The maximum atomic E-state index is 14.2. The van der Waals surface area contributed by atoms with E-state index in [2.05, 4.69) is 21.6 Å². The molecule has 0 aromatic heterocycles. The van der Waals surface area contributed by atoms with Crippen LogP contribution in [-0.4, -0.2) is 62.4 Å². The topological polar surface area (TPSA) is 102 Å². The number of halogens is 3. The monoisotopic (exact) mass is 576 g/mol. The maximum absolute atomic E-state index is 14.2. The maximum Gasteiger partial charge on any atom is 0.407 e. The Hall–Kier alpha value is -2.94. The number of nitrogens with zero attached hydrogens (tertiary/aromatic N) is 2. The van der Waals surface area contributed by atoms with Crippen LogP contribution in [0.25, 0.3) is 0 Å². The molecule has 11 heteroatoms. The lowest BCUT2D eigenvalue weighted by atomic mass is 9.88. The van der Waals surface area contributed by atoms with Gasteiger partial charge in [0, 0.05) is 13.1 Å². The number of nitrogens with one attached hydrogen (secondary N) is 2. The summed E-state index contributed by atoms with van der Waals surface area (Å²) in [6.07, 6.45) is -2.31. The molecular formula is C29H35F3N4O3S. The molecule has 0 radical (unpaired) electrons. The minimum absolute atomic E-state index is 0.143. The molecule has 7 nitrogen and oxygen atoms in total. The van der Waals surface area contributed by atoms with Crippen molar-refractivity contribution in [3.05, 3.63) is 71.3 Å². The molecule has 216 valence electrons. The number of likely N-dealkylation sites (tertiary alicyclic amines) is 1. The lowest BCUT2D eigenvalue weighted by molar-refractivity contribution is -0.160. The van der Waals surface area contributed by atoms with Gasteiger partial charge in [0.05, 0.1) is 17.6 Å². The number of amides is 1. The van der Waals surface area contributed by atoms with E-state index >= 15 is 0 Å². The van der Waals surface area contributed by atoms with E-state index in [4.69, 9.17) is 0 Å². The molecular weight excluding hydrogens is 541 g/mol. The Morgan fingerprint density at radius 1 is 1.10 bits per heavy atom. The van der Waals surface area contributed by atoms with E-state index < -0.39 is 45.3 Å². The van der Waals surface area contributed by atoms with Crippen molar-refractivity contribution < 1.29 is 26.4 Å². The minimum atomic E-state index is -4.80. The molecule has 1 aliphatic carbocycles. The second-order valence-electron chi connectivity index (χ2n) is 10.7. The second-order valence-corrected chi connectivity index (χ2v) is 12.9. The van der Waals surface area contributed by atoms with Crippen molar-refractivity contribution >= 4 is 15.7 Å². The predicted octanol–water partition coefficient (Wildman–Crippen LogP) is 4.23. The van der Waals surface area contributed by atoms with E-state index in [-0.39, 0.29) is 17.2 Å². The molecule has 2 fully saturated rings. The van der Waals surface area contributed by atoms with Crippen molar-refractivity contribution in [1.29, 1.82) is 5.26 Å². The highest BCUT2D eigenvalue weighted by molar-refractivity contribution is 7.90. The first-order valence-electron chi connectivity index (χ1n) is 13.6. The summed E-state index contributed by atoms with van der Waals surface area (Å²) in [5, 5.41) is 14.9. The summed E-state index contributed by atoms with van der Waals surface area (Å²) in [5.41, 5.74) is 0.0880. The van der Waals surface area contributed by atoms with E-state index in [1.54, 1.807) is 18.2 Å². The highest BCUT2D eigenvalue weighted by Gasteiger charge is 2.45. The molecule has 40 heavy (non-hydrogen) atoms. The van der Waals surface area contributed by atoms with Gasteiger partial charge in [0.15, 0.2) is 9.84 Å². The molecule has 2 aromatic carbocycles.